The maximum atomic E-state index is 12.5. The fourth-order valence-corrected chi connectivity index (χ4v) is 2.59. The summed E-state index contributed by atoms with van der Waals surface area (Å²) in [6, 6.07) is 6.85. The number of hydrogen-bond acceptors (Lipinski definition) is 5. The molecular weight excluding hydrogens is 359 g/mol. The lowest BCUT2D eigenvalue weighted by Crippen LogP contribution is -2.14. The van der Waals surface area contributed by atoms with Crippen LogP contribution in [0.3, 0.4) is 0 Å². The number of methoxy groups -OCH3 is 2. The maximum Gasteiger partial charge on any atom is 0.296 e. The number of hydrogen-bond donors (Lipinski definition) is 1. The number of nitrogens with zero attached hydrogens (tertiary/aromatic N) is 1. The minimum atomic E-state index is -0.649. The Bertz CT molecular complexity index is 811. The highest BCUT2D eigenvalue weighted by molar-refractivity contribution is 6.36. The molecule has 0 saturated heterocycles. The quantitative estimate of drug-likeness (QED) is 0.629. The van der Waals surface area contributed by atoms with Crippen LogP contribution in [-0.4, -0.2) is 25.1 Å². The zero-order valence-corrected chi connectivity index (χ0v) is 14.1. The van der Waals surface area contributed by atoms with Gasteiger partial charge in [-0.2, -0.15) is 0 Å². The van der Waals surface area contributed by atoms with Gasteiger partial charge in [-0.25, -0.2) is 0 Å². The number of nitrogens with one attached hydrogen (secondary N) is 1. The van der Waals surface area contributed by atoms with E-state index in [1.165, 1.54) is 44.6 Å². The predicted molar refractivity (Wildman–Crippen MR) is 90.6 cm³/mol. The van der Waals surface area contributed by atoms with Gasteiger partial charge in [0.2, 0.25) is 0 Å². The van der Waals surface area contributed by atoms with Crippen LogP contribution in [0.15, 0.2) is 30.3 Å². The van der Waals surface area contributed by atoms with Crippen LogP contribution in [0.2, 0.25) is 10.0 Å². The van der Waals surface area contributed by atoms with E-state index < -0.39 is 10.8 Å². The number of nitro benzene ring substituents is 1. The first-order chi connectivity index (χ1) is 11.4. The Morgan fingerprint density at radius 3 is 2.46 bits per heavy atom. The molecule has 1 amide bonds. The maximum absolute atomic E-state index is 12.5. The van der Waals surface area contributed by atoms with Crippen molar-refractivity contribution in [2.24, 2.45) is 0 Å². The van der Waals surface area contributed by atoms with Gasteiger partial charge in [0.1, 0.15) is 17.2 Å². The van der Waals surface area contributed by atoms with Crippen LogP contribution >= 0.6 is 23.2 Å². The second-order valence-corrected chi connectivity index (χ2v) is 5.41. The van der Waals surface area contributed by atoms with Gasteiger partial charge in [-0.05, 0) is 24.3 Å². The van der Waals surface area contributed by atoms with Gasteiger partial charge in [-0.1, -0.05) is 23.2 Å². The van der Waals surface area contributed by atoms with Crippen LogP contribution in [0, 0.1) is 10.1 Å². The van der Waals surface area contributed by atoms with Crippen molar-refractivity contribution >= 4 is 40.5 Å². The summed E-state index contributed by atoms with van der Waals surface area (Å²) in [6.07, 6.45) is 0. The highest BCUT2D eigenvalue weighted by atomic mass is 35.5. The molecule has 0 aromatic heterocycles. The molecule has 9 heteroatoms. The molecule has 0 saturated carbocycles. The first-order valence-electron chi connectivity index (χ1n) is 6.54. The fourth-order valence-electron chi connectivity index (χ4n) is 2.02. The number of carbonyl (C=O) groups is 1. The Kier molecular flexibility index (Phi) is 5.48. The molecule has 2 aromatic carbocycles. The molecule has 0 aliphatic carbocycles. The van der Waals surface area contributed by atoms with Gasteiger partial charge in [0.05, 0.1) is 35.8 Å². The fraction of sp³-hybridized carbons (Fsp3) is 0.133. The van der Waals surface area contributed by atoms with E-state index in [-0.39, 0.29) is 32.7 Å². The second-order valence-electron chi connectivity index (χ2n) is 4.56. The van der Waals surface area contributed by atoms with E-state index in [9.17, 15) is 14.9 Å². The molecule has 0 bridgehead atoms. The average Bonchev–Trinajstić information content (AvgIpc) is 2.54. The monoisotopic (exact) mass is 370 g/mol. The zero-order chi connectivity index (χ0) is 17.9. The second kappa shape index (κ2) is 7.37. The molecule has 0 aliphatic heterocycles. The molecule has 0 fully saturated rings. The minimum Gasteiger partial charge on any atom is -0.496 e. The molecule has 2 aromatic rings. The summed E-state index contributed by atoms with van der Waals surface area (Å²) < 4.78 is 10.0. The number of halogens is 2. The Morgan fingerprint density at radius 1 is 1.17 bits per heavy atom. The molecule has 7 nitrogen and oxygen atoms in total. The third-order valence-corrected chi connectivity index (χ3v) is 3.61. The van der Waals surface area contributed by atoms with Crippen molar-refractivity contribution in [1.29, 1.82) is 0 Å². The minimum absolute atomic E-state index is 0.00366. The van der Waals surface area contributed by atoms with Crippen LogP contribution in [0.25, 0.3) is 0 Å². The molecule has 0 heterocycles. The van der Waals surface area contributed by atoms with Gasteiger partial charge in [0.25, 0.3) is 11.6 Å². The molecule has 126 valence electrons. The Labute approximate surface area is 147 Å². The number of carbonyl (C=O) groups excluding carboxylic acids is 1. The SMILES string of the molecule is COc1ccc(NC(=O)c2cc(Cl)cc(Cl)c2OC)c([N+](=O)[O-])c1. The van der Waals surface area contributed by atoms with Crippen LogP contribution in [0.1, 0.15) is 10.4 Å². The van der Waals surface area contributed by atoms with E-state index >= 15 is 0 Å². The van der Waals surface area contributed by atoms with Crippen molar-refractivity contribution in [3.8, 4) is 11.5 Å². The summed E-state index contributed by atoms with van der Waals surface area (Å²) in [5.41, 5.74) is -0.251. The summed E-state index contributed by atoms with van der Waals surface area (Å²) in [6.45, 7) is 0. The molecule has 1 N–H and O–H groups in total. The van der Waals surface area contributed by atoms with Crippen molar-refractivity contribution in [2.75, 3.05) is 19.5 Å². The molecule has 2 rings (SSSR count). The normalized spacial score (nSPS) is 10.2. The first kappa shape index (κ1) is 17.8. The van der Waals surface area contributed by atoms with Gasteiger partial charge in [-0.3, -0.25) is 14.9 Å². The number of benzene rings is 2. The highest BCUT2D eigenvalue weighted by Crippen LogP contribution is 2.34. The lowest BCUT2D eigenvalue weighted by Gasteiger charge is -2.12. The van der Waals surface area contributed by atoms with E-state index in [2.05, 4.69) is 5.32 Å². The number of nitro groups is 1. The van der Waals surface area contributed by atoms with E-state index in [0.29, 0.717) is 5.75 Å². The van der Waals surface area contributed by atoms with Crippen LogP contribution in [0.5, 0.6) is 11.5 Å². The van der Waals surface area contributed by atoms with Crippen molar-refractivity contribution in [3.63, 3.8) is 0 Å². The molecule has 0 atom stereocenters. The lowest BCUT2D eigenvalue weighted by molar-refractivity contribution is -0.384. The Hall–Kier alpha value is -2.51. The highest BCUT2D eigenvalue weighted by Gasteiger charge is 2.21. The Balaban J connectivity index is 2.42. The first-order valence-corrected chi connectivity index (χ1v) is 7.29. The van der Waals surface area contributed by atoms with Gasteiger partial charge in [0, 0.05) is 5.02 Å². The summed E-state index contributed by atoms with van der Waals surface area (Å²) in [4.78, 5) is 23.0. The van der Waals surface area contributed by atoms with Gasteiger partial charge in [0.15, 0.2) is 0 Å². The number of amides is 1. The molecule has 0 spiro atoms. The lowest BCUT2D eigenvalue weighted by atomic mass is 10.1. The molecule has 0 unspecified atom stereocenters. The largest absolute Gasteiger partial charge is 0.496 e. The smallest absolute Gasteiger partial charge is 0.296 e. The predicted octanol–water partition coefficient (Wildman–Crippen LogP) is 4.17. The van der Waals surface area contributed by atoms with Gasteiger partial charge < -0.3 is 14.8 Å². The Morgan fingerprint density at radius 2 is 1.88 bits per heavy atom. The summed E-state index contributed by atoms with van der Waals surface area (Å²) in [5, 5.41) is 14.0. The van der Waals surface area contributed by atoms with E-state index in [1.54, 1.807) is 0 Å². The molecular formula is C15H12Cl2N2O5. The number of rotatable bonds is 5. The topological polar surface area (TPSA) is 90.7 Å². The van der Waals surface area contributed by atoms with Crippen molar-refractivity contribution in [2.45, 2.75) is 0 Å². The van der Waals surface area contributed by atoms with E-state index in [1.807, 2.05) is 0 Å². The average molecular weight is 371 g/mol. The van der Waals surface area contributed by atoms with Crippen molar-refractivity contribution < 1.29 is 19.2 Å². The van der Waals surface area contributed by atoms with Crippen LogP contribution in [0.4, 0.5) is 11.4 Å². The van der Waals surface area contributed by atoms with Gasteiger partial charge in [-0.15, -0.1) is 0 Å². The summed E-state index contributed by atoms with van der Waals surface area (Å²) in [7, 11) is 2.73. The van der Waals surface area contributed by atoms with E-state index in [4.69, 9.17) is 32.7 Å². The van der Waals surface area contributed by atoms with Gasteiger partial charge >= 0.3 is 0 Å². The molecule has 0 aliphatic rings. The van der Waals surface area contributed by atoms with Crippen molar-refractivity contribution in [1.82, 2.24) is 0 Å². The number of ether oxygens (including phenoxy) is 2. The zero-order valence-electron chi connectivity index (χ0n) is 12.6. The van der Waals surface area contributed by atoms with Crippen molar-refractivity contribution in [3.05, 3.63) is 56.1 Å². The van der Waals surface area contributed by atoms with Crippen LogP contribution < -0.4 is 14.8 Å². The van der Waals surface area contributed by atoms with Crippen LogP contribution in [-0.2, 0) is 0 Å². The molecule has 0 radical (unpaired) electrons. The third kappa shape index (κ3) is 3.69. The molecule has 24 heavy (non-hydrogen) atoms. The number of anilines is 1. The standard InChI is InChI=1S/C15H12Cl2N2O5/c1-23-9-3-4-12(13(7-9)19(21)22)18-15(20)10-5-8(16)6-11(17)14(10)24-2/h3-7H,1-2H3,(H,18,20). The van der Waals surface area contributed by atoms with E-state index in [0.717, 1.165) is 0 Å². The third-order valence-electron chi connectivity index (χ3n) is 3.11. The summed E-state index contributed by atoms with van der Waals surface area (Å²) >= 11 is 11.9. The summed E-state index contributed by atoms with van der Waals surface area (Å²) in [5.74, 6) is -0.234.